The average molecular weight is 628 g/mol. The van der Waals surface area contributed by atoms with E-state index in [1.165, 1.54) is 35.2 Å². The van der Waals surface area contributed by atoms with Crippen LogP contribution in [0, 0.1) is 5.82 Å². The van der Waals surface area contributed by atoms with Gasteiger partial charge in [-0.3, -0.25) is 9.59 Å². The fourth-order valence-electron chi connectivity index (χ4n) is 4.19. The van der Waals surface area contributed by atoms with E-state index >= 15 is 0 Å². The number of carboxylic acid groups (broad SMARTS) is 2. The molecule has 0 aliphatic heterocycles. The van der Waals surface area contributed by atoms with Crippen LogP contribution in [0.4, 0.5) is 15.2 Å². The maximum absolute atomic E-state index is 13.6. The molecule has 0 fully saturated rings. The number of anilines is 2. The van der Waals surface area contributed by atoms with Crippen LogP contribution >= 0.6 is 23.1 Å². The van der Waals surface area contributed by atoms with Gasteiger partial charge in [0.05, 0.1) is 22.4 Å². The van der Waals surface area contributed by atoms with Crippen LogP contribution in [0.25, 0.3) is 11.3 Å². The molecule has 9 nitrogen and oxygen atoms in total. The average Bonchev–Trinajstić information content (AvgIpc) is 3.48. The molecule has 0 aliphatic carbocycles. The molecule has 1 aromatic heterocycles. The van der Waals surface area contributed by atoms with Gasteiger partial charge in [-0.25, -0.2) is 19.0 Å². The van der Waals surface area contributed by atoms with Crippen molar-refractivity contribution in [3.05, 3.63) is 131 Å². The van der Waals surface area contributed by atoms with Crippen molar-refractivity contribution in [2.75, 3.05) is 10.6 Å². The Labute approximate surface area is 258 Å². The normalized spacial score (nSPS) is 11.4. The standard InChI is InChI=1S/C32H22FN3O6S2/c33-21-12-9-18(10-13-21)26-17-43-32(35-26)36-29(38)27(19-5-2-1-3-6-19)44-23-8-4-7-22(16-23)34-28(37)24-14-11-20(30(39)40)15-25(24)31(41)42/h1-17,27H,(H,34,37)(H,39,40)(H,41,42)(H,35,36,38). The third-order valence-electron chi connectivity index (χ3n) is 6.30. The van der Waals surface area contributed by atoms with Gasteiger partial charge in [-0.1, -0.05) is 36.4 Å². The number of benzene rings is 4. The lowest BCUT2D eigenvalue weighted by Crippen LogP contribution is -2.19. The second kappa shape index (κ2) is 13.3. The van der Waals surface area contributed by atoms with Gasteiger partial charge in [0.15, 0.2) is 5.13 Å². The molecule has 44 heavy (non-hydrogen) atoms. The lowest BCUT2D eigenvalue weighted by Gasteiger charge is -2.17. The van der Waals surface area contributed by atoms with E-state index in [9.17, 15) is 33.8 Å². The number of hydrogen-bond acceptors (Lipinski definition) is 7. The van der Waals surface area contributed by atoms with Crippen LogP contribution in [-0.2, 0) is 4.79 Å². The summed E-state index contributed by atoms with van der Waals surface area (Å²) in [6.07, 6.45) is 0. The number of aromatic nitrogens is 1. The molecule has 0 radical (unpaired) electrons. The molecular weight excluding hydrogens is 605 g/mol. The SMILES string of the molecule is O=C(O)c1ccc(C(=O)Nc2cccc(SC(C(=O)Nc3nc(-c4ccc(F)cc4)cs3)c3ccccc3)c2)c(C(=O)O)c1. The zero-order valence-electron chi connectivity index (χ0n) is 22.6. The zero-order valence-corrected chi connectivity index (χ0v) is 24.2. The van der Waals surface area contributed by atoms with Gasteiger partial charge in [0.1, 0.15) is 11.1 Å². The number of carbonyl (C=O) groups is 4. The summed E-state index contributed by atoms with van der Waals surface area (Å²) in [5, 5.41) is 25.7. The Hall–Kier alpha value is -5.33. The van der Waals surface area contributed by atoms with Gasteiger partial charge in [0.2, 0.25) is 5.91 Å². The maximum Gasteiger partial charge on any atom is 0.336 e. The van der Waals surface area contributed by atoms with Gasteiger partial charge in [-0.2, -0.15) is 0 Å². The van der Waals surface area contributed by atoms with Gasteiger partial charge in [0.25, 0.3) is 5.91 Å². The number of carbonyl (C=O) groups excluding carboxylic acids is 2. The van der Waals surface area contributed by atoms with Crippen LogP contribution < -0.4 is 10.6 Å². The van der Waals surface area contributed by atoms with Crippen LogP contribution in [0.5, 0.6) is 0 Å². The number of thioether (sulfide) groups is 1. The quantitative estimate of drug-likeness (QED) is 0.120. The molecule has 4 aromatic carbocycles. The van der Waals surface area contributed by atoms with Crippen molar-refractivity contribution < 1.29 is 33.8 Å². The third kappa shape index (κ3) is 7.17. The van der Waals surface area contributed by atoms with Gasteiger partial charge >= 0.3 is 11.9 Å². The van der Waals surface area contributed by atoms with Crippen molar-refractivity contribution in [1.82, 2.24) is 4.98 Å². The first-order valence-electron chi connectivity index (χ1n) is 12.9. The molecule has 0 bridgehead atoms. The molecular formula is C32H22FN3O6S2. The van der Waals surface area contributed by atoms with E-state index in [1.54, 1.807) is 41.8 Å². The molecule has 2 amide bonds. The lowest BCUT2D eigenvalue weighted by molar-refractivity contribution is -0.115. The molecule has 0 saturated carbocycles. The van der Waals surface area contributed by atoms with E-state index in [0.717, 1.165) is 23.8 Å². The highest BCUT2D eigenvalue weighted by Gasteiger charge is 2.24. The number of amides is 2. The Kier molecular flexibility index (Phi) is 9.12. The topological polar surface area (TPSA) is 146 Å². The Morgan fingerprint density at radius 3 is 2.25 bits per heavy atom. The third-order valence-corrected chi connectivity index (χ3v) is 8.31. The van der Waals surface area contributed by atoms with Gasteiger partial charge < -0.3 is 20.8 Å². The van der Waals surface area contributed by atoms with Gasteiger partial charge in [-0.15, -0.1) is 23.1 Å². The molecule has 5 rings (SSSR count). The Balaban J connectivity index is 1.35. The summed E-state index contributed by atoms with van der Waals surface area (Å²) in [5.74, 6) is -4.18. The maximum atomic E-state index is 13.6. The first-order chi connectivity index (χ1) is 21.2. The summed E-state index contributed by atoms with van der Waals surface area (Å²) in [6, 6.07) is 25.0. The highest BCUT2D eigenvalue weighted by molar-refractivity contribution is 8.00. The largest absolute Gasteiger partial charge is 0.478 e. The smallest absolute Gasteiger partial charge is 0.336 e. The predicted molar refractivity (Wildman–Crippen MR) is 166 cm³/mol. The Morgan fingerprint density at radius 2 is 1.55 bits per heavy atom. The highest BCUT2D eigenvalue weighted by atomic mass is 32.2. The molecule has 1 atom stereocenters. The van der Waals surface area contributed by atoms with E-state index < -0.39 is 28.7 Å². The number of thiazole rings is 1. The number of halogens is 1. The van der Waals surface area contributed by atoms with Crippen molar-refractivity contribution in [2.24, 2.45) is 0 Å². The monoisotopic (exact) mass is 627 g/mol. The summed E-state index contributed by atoms with van der Waals surface area (Å²) in [6.45, 7) is 0. The zero-order chi connectivity index (χ0) is 31.2. The minimum Gasteiger partial charge on any atom is -0.478 e. The minimum absolute atomic E-state index is 0.203. The van der Waals surface area contributed by atoms with Crippen LogP contribution in [0.3, 0.4) is 0 Å². The molecule has 1 heterocycles. The summed E-state index contributed by atoms with van der Waals surface area (Å²) in [7, 11) is 0. The molecule has 12 heteroatoms. The van der Waals surface area contributed by atoms with Crippen molar-refractivity contribution in [3.63, 3.8) is 0 Å². The van der Waals surface area contributed by atoms with Crippen LogP contribution in [0.15, 0.2) is 107 Å². The summed E-state index contributed by atoms with van der Waals surface area (Å²) < 4.78 is 13.3. The predicted octanol–water partition coefficient (Wildman–Crippen LogP) is 7.07. The molecule has 4 N–H and O–H groups in total. The van der Waals surface area contributed by atoms with Crippen molar-refractivity contribution in [1.29, 1.82) is 0 Å². The fraction of sp³-hybridized carbons (Fsp3) is 0.0312. The minimum atomic E-state index is -1.44. The van der Waals surface area contributed by atoms with Crippen molar-refractivity contribution in [2.45, 2.75) is 10.1 Å². The van der Waals surface area contributed by atoms with Gasteiger partial charge in [-0.05, 0) is 66.2 Å². The van der Waals surface area contributed by atoms with E-state index in [-0.39, 0.29) is 22.9 Å². The molecule has 0 aliphatic rings. The van der Waals surface area contributed by atoms with E-state index in [0.29, 0.717) is 27.0 Å². The van der Waals surface area contributed by atoms with Crippen LogP contribution in [-0.4, -0.2) is 39.0 Å². The Bertz CT molecular complexity index is 1860. The number of hydrogen-bond donors (Lipinski definition) is 4. The fourth-order valence-corrected chi connectivity index (χ4v) is 6.00. The molecule has 1 unspecified atom stereocenters. The van der Waals surface area contributed by atoms with Crippen molar-refractivity contribution in [3.8, 4) is 11.3 Å². The van der Waals surface area contributed by atoms with Crippen LogP contribution in [0.1, 0.15) is 41.9 Å². The van der Waals surface area contributed by atoms with Gasteiger partial charge in [0, 0.05) is 21.5 Å². The van der Waals surface area contributed by atoms with E-state index in [4.69, 9.17) is 0 Å². The summed E-state index contributed by atoms with van der Waals surface area (Å²) in [5.41, 5.74) is 1.47. The second-order valence-corrected chi connectivity index (χ2v) is 11.3. The highest BCUT2D eigenvalue weighted by Crippen LogP contribution is 2.38. The van der Waals surface area contributed by atoms with Crippen LogP contribution in [0.2, 0.25) is 0 Å². The van der Waals surface area contributed by atoms with Crippen molar-refractivity contribution >= 4 is 57.7 Å². The summed E-state index contributed by atoms with van der Waals surface area (Å²) in [4.78, 5) is 54.6. The number of carboxylic acids is 2. The number of aromatic carboxylic acids is 2. The number of rotatable bonds is 10. The molecule has 0 saturated heterocycles. The molecule has 0 spiro atoms. The van der Waals surface area contributed by atoms with E-state index in [2.05, 4.69) is 15.6 Å². The first-order valence-corrected chi connectivity index (χ1v) is 14.7. The molecule has 5 aromatic rings. The molecule has 220 valence electrons. The first kappa shape index (κ1) is 30.1. The number of nitrogens with zero attached hydrogens (tertiary/aromatic N) is 1. The van der Waals surface area contributed by atoms with E-state index in [1.807, 2.05) is 30.3 Å². The second-order valence-electron chi connectivity index (χ2n) is 9.30. The lowest BCUT2D eigenvalue weighted by atomic mass is 10.0. The number of nitrogens with one attached hydrogen (secondary N) is 2. The Morgan fingerprint density at radius 1 is 0.795 bits per heavy atom. The summed E-state index contributed by atoms with van der Waals surface area (Å²) >= 11 is 2.48.